The summed E-state index contributed by atoms with van der Waals surface area (Å²) in [6.45, 7) is 5.88. The van der Waals surface area contributed by atoms with Gasteiger partial charge in [-0.05, 0) is 55.0 Å². The normalized spacial score (nSPS) is 16.8. The first-order valence-corrected chi connectivity index (χ1v) is 9.98. The van der Waals surface area contributed by atoms with E-state index in [1.807, 2.05) is 24.3 Å². The SMILES string of the molecule is CCNC(=O)c1cccc(NC(=O)CN2CCc3sccc3[C@@H]2CC)c1. The van der Waals surface area contributed by atoms with Gasteiger partial charge < -0.3 is 10.6 Å². The van der Waals surface area contributed by atoms with E-state index in [2.05, 4.69) is 33.9 Å². The minimum atomic E-state index is -0.129. The molecule has 3 rings (SSSR count). The van der Waals surface area contributed by atoms with Crippen LogP contribution in [0.25, 0.3) is 0 Å². The molecule has 1 aromatic heterocycles. The van der Waals surface area contributed by atoms with E-state index < -0.39 is 0 Å². The molecule has 1 aliphatic heterocycles. The summed E-state index contributed by atoms with van der Waals surface area (Å²) in [5.74, 6) is -0.175. The molecule has 0 unspecified atom stereocenters. The predicted molar refractivity (Wildman–Crippen MR) is 106 cm³/mol. The van der Waals surface area contributed by atoms with Crippen molar-refractivity contribution in [2.75, 3.05) is 25.0 Å². The van der Waals surface area contributed by atoms with Crippen molar-refractivity contribution in [1.29, 1.82) is 0 Å². The Morgan fingerprint density at radius 1 is 1.27 bits per heavy atom. The zero-order valence-electron chi connectivity index (χ0n) is 15.2. The molecule has 138 valence electrons. The van der Waals surface area contributed by atoms with Crippen molar-refractivity contribution >= 4 is 28.8 Å². The second-order valence-corrected chi connectivity index (χ2v) is 7.43. The van der Waals surface area contributed by atoms with Crippen molar-refractivity contribution in [3.05, 3.63) is 51.7 Å². The van der Waals surface area contributed by atoms with Crippen LogP contribution in [0.2, 0.25) is 0 Å². The molecule has 2 N–H and O–H groups in total. The van der Waals surface area contributed by atoms with Crippen LogP contribution < -0.4 is 10.6 Å². The van der Waals surface area contributed by atoms with Crippen LogP contribution in [0.4, 0.5) is 5.69 Å². The molecular formula is C20H25N3O2S. The standard InChI is InChI=1S/C20H25N3O2S/c1-3-17-16-9-11-26-18(16)8-10-23(17)13-19(24)22-15-7-5-6-14(12-15)20(25)21-4-2/h5-7,9,11-12,17H,3-4,8,10,13H2,1-2H3,(H,21,25)(H,22,24)/t17-/m0/s1. The number of thiophene rings is 1. The Bertz CT molecular complexity index is 787. The highest BCUT2D eigenvalue weighted by Gasteiger charge is 2.28. The average molecular weight is 372 g/mol. The number of amides is 2. The highest BCUT2D eigenvalue weighted by molar-refractivity contribution is 7.10. The molecule has 1 aliphatic rings. The first kappa shape index (κ1) is 18.6. The van der Waals surface area contributed by atoms with Crippen LogP contribution in [-0.4, -0.2) is 36.3 Å². The van der Waals surface area contributed by atoms with Crippen molar-refractivity contribution < 1.29 is 9.59 Å². The quantitative estimate of drug-likeness (QED) is 0.818. The Kier molecular flexibility index (Phi) is 6.06. The van der Waals surface area contributed by atoms with Crippen LogP contribution in [0.1, 0.15) is 47.1 Å². The molecule has 0 spiro atoms. The van der Waals surface area contributed by atoms with Gasteiger partial charge in [0.2, 0.25) is 5.91 Å². The lowest BCUT2D eigenvalue weighted by Gasteiger charge is -2.34. The van der Waals surface area contributed by atoms with Crippen LogP contribution in [-0.2, 0) is 11.2 Å². The Morgan fingerprint density at radius 2 is 2.12 bits per heavy atom. The van der Waals surface area contributed by atoms with E-state index in [1.54, 1.807) is 18.2 Å². The monoisotopic (exact) mass is 371 g/mol. The zero-order chi connectivity index (χ0) is 18.5. The Morgan fingerprint density at radius 3 is 2.88 bits per heavy atom. The molecule has 0 radical (unpaired) electrons. The Balaban J connectivity index is 1.64. The van der Waals surface area contributed by atoms with Gasteiger partial charge in [-0.3, -0.25) is 14.5 Å². The molecule has 0 saturated carbocycles. The maximum absolute atomic E-state index is 12.5. The topological polar surface area (TPSA) is 61.4 Å². The van der Waals surface area contributed by atoms with E-state index in [4.69, 9.17) is 0 Å². The van der Waals surface area contributed by atoms with E-state index in [1.165, 1.54) is 10.4 Å². The van der Waals surface area contributed by atoms with Gasteiger partial charge in [-0.15, -0.1) is 11.3 Å². The summed E-state index contributed by atoms with van der Waals surface area (Å²) in [5.41, 5.74) is 2.58. The van der Waals surface area contributed by atoms with E-state index in [-0.39, 0.29) is 11.8 Å². The fourth-order valence-electron chi connectivity index (χ4n) is 3.50. The predicted octanol–water partition coefficient (Wildman–Crippen LogP) is 3.45. The number of carbonyl (C=O) groups is 2. The van der Waals surface area contributed by atoms with Crippen molar-refractivity contribution in [1.82, 2.24) is 10.2 Å². The number of nitrogens with zero attached hydrogens (tertiary/aromatic N) is 1. The molecule has 26 heavy (non-hydrogen) atoms. The van der Waals surface area contributed by atoms with Crippen LogP contribution in [0.15, 0.2) is 35.7 Å². The van der Waals surface area contributed by atoms with Gasteiger partial charge in [0.15, 0.2) is 0 Å². The summed E-state index contributed by atoms with van der Waals surface area (Å²) >= 11 is 1.81. The number of anilines is 1. The number of hydrogen-bond acceptors (Lipinski definition) is 4. The van der Waals surface area contributed by atoms with Crippen LogP contribution in [0, 0.1) is 0 Å². The Hall–Kier alpha value is -2.18. The minimum absolute atomic E-state index is 0.0461. The zero-order valence-corrected chi connectivity index (χ0v) is 16.1. The van der Waals surface area contributed by atoms with Crippen LogP contribution in [0.5, 0.6) is 0 Å². The molecule has 0 saturated heterocycles. The average Bonchev–Trinajstić information content (AvgIpc) is 3.10. The molecule has 1 aromatic carbocycles. The van der Waals surface area contributed by atoms with Crippen molar-refractivity contribution in [3.8, 4) is 0 Å². The fourth-order valence-corrected chi connectivity index (χ4v) is 4.43. The molecule has 6 heteroatoms. The lowest BCUT2D eigenvalue weighted by atomic mass is 9.98. The lowest BCUT2D eigenvalue weighted by Crippen LogP contribution is -2.40. The number of rotatable bonds is 6. The number of benzene rings is 1. The number of fused-ring (bicyclic) bond motifs is 1. The van der Waals surface area contributed by atoms with Gasteiger partial charge in [-0.1, -0.05) is 13.0 Å². The van der Waals surface area contributed by atoms with E-state index >= 15 is 0 Å². The molecule has 5 nitrogen and oxygen atoms in total. The largest absolute Gasteiger partial charge is 0.352 e. The molecule has 1 atom stereocenters. The molecule has 0 fully saturated rings. The van der Waals surface area contributed by atoms with Gasteiger partial charge in [0.05, 0.1) is 6.54 Å². The summed E-state index contributed by atoms with van der Waals surface area (Å²) in [5, 5.41) is 7.84. The molecule has 2 amide bonds. The summed E-state index contributed by atoms with van der Waals surface area (Å²) in [7, 11) is 0. The number of nitrogens with one attached hydrogen (secondary N) is 2. The molecule has 0 bridgehead atoms. The highest BCUT2D eigenvalue weighted by Crippen LogP contribution is 2.34. The lowest BCUT2D eigenvalue weighted by molar-refractivity contribution is -0.118. The van der Waals surface area contributed by atoms with Crippen molar-refractivity contribution in [3.63, 3.8) is 0 Å². The summed E-state index contributed by atoms with van der Waals surface area (Å²) in [6, 6.07) is 9.55. The van der Waals surface area contributed by atoms with Gasteiger partial charge in [0.1, 0.15) is 0 Å². The Labute approximate surface area is 158 Å². The van der Waals surface area contributed by atoms with E-state index in [9.17, 15) is 9.59 Å². The highest BCUT2D eigenvalue weighted by atomic mass is 32.1. The summed E-state index contributed by atoms with van der Waals surface area (Å²) in [4.78, 5) is 28.2. The van der Waals surface area contributed by atoms with E-state index in [0.717, 1.165) is 19.4 Å². The second kappa shape index (κ2) is 8.47. The van der Waals surface area contributed by atoms with Gasteiger partial charge in [-0.25, -0.2) is 0 Å². The van der Waals surface area contributed by atoms with E-state index in [0.29, 0.717) is 30.4 Å². The van der Waals surface area contributed by atoms with Gasteiger partial charge >= 0.3 is 0 Å². The first-order chi connectivity index (χ1) is 12.6. The van der Waals surface area contributed by atoms with Gasteiger partial charge in [-0.2, -0.15) is 0 Å². The number of carbonyl (C=O) groups excluding carboxylic acids is 2. The third kappa shape index (κ3) is 4.14. The molecule has 2 heterocycles. The van der Waals surface area contributed by atoms with Crippen LogP contribution in [0.3, 0.4) is 0 Å². The van der Waals surface area contributed by atoms with Crippen LogP contribution >= 0.6 is 11.3 Å². The maximum Gasteiger partial charge on any atom is 0.251 e. The van der Waals surface area contributed by atoms with Gasteiger partial charge in [0, 0.05) is 35.3 Å². The first-order valence-electron chi connectivity index (χ1n) is 9.10. The van der Waals surface area contributed by atoms with Crippen molar-refractivity contribution in [2.24, 2.45) is 0 Å². The minimum Gasteiger partial charge on any atom is -0.352 e. The molecule has 2 aromatic rings. The molecule has 0 aliphatic carbocycles. The third-order valence-electron chi connectivity index (χ3n) is 4.68. The summed E-state index contributed by atoms with van der Waals surface area (Å²) in [6.07, 6.45) is 1.99. The third-order valence-corrected chi connectivity index (χ3v) is 5.68. The second-order valence-electron chi connectivity index (χ2n) is 6.43. The summed E-state index contributed by atoms with van der Waals surface area (Å²) < 4.78 is 0. The maximum atomic E-state index is 12.5. The number of hydrogen-bond donors (Lipinski definition) is 2. The fraction of sp³-hybridized carbons (Fsp3) is 0.400. The van der Waals surface area contributed by atoms with Crippen molar-refractivity contribution in [2.45, 2.75) is 32.7 Å². The smallest absolute Gasteiger partial charge is 0.251 e. The molecular weight excluding hydrogens is 346 g/mol. The van der Waals surface area contributed by atoms with Gasteiger partial charge in [0.25, 0.3) is 5.91 Å².